The molecule has 0 aliphatic rings. The van der Waals surface area contributed by atoms with Crippen LogP contribution in [0.15, 0.2) is 17.0 Å². The zero-order chi connectivity index (χ0) is 14.0. The van der Waals surface area contributed by atoms with Gasteiger partial charge in [0.15, 0.2) is 0 Å². The number of rotatable bonds is 5. The maximum atomic E-state index is 5.70. The topological polar surface area (TPSA) is 39.9 Å². The summed E-state index contributed by atoms with van der Waals surface area (Å²) in [6, 6.07) is 1.18. The SMILES string of the molecule is Cc1c(Br)ncc2nn(COCC[Si](C)(C)C)cc12. The second-order valence-electron chi connectivity index (χ2n) is 5.99. The van der Waals surface area contributed by atoms with Crippen LogP contribution >= 0.6 is 15.9 Å². The number of hydrogen-bond donors (Lipinski definition) is 0. The molecule has 4 nitrogen and oxygen atoms in total. The largest absolute Gasteiger partial charge is 0.360 e. The molecular formula is C13H20BrN3OSi. The Balaban J connectivity index is 2.00. The molecule has 0 aliphatic heterocycles. The van der Waals surface area contributed by atoms with Crippen LogP contribution in [-0.2, 0) is 11.5 Å². The van der Waals surface area contributed by atoms with Crippen LogP contribution < -0.4 is 0 Å². The molecular weight excluding hydrogens is 322 g/mol. The monoisotopic (exact) mass is 341 g/mol. The van der Waals surface area contributed by atoms with Crippen LogP contribution in [0.1, 0.15) is 5.56 Å². The summed E-state index contributed by atoms with van der Waals surface area (Å²) in [6.45, 7) is 10.4. The molecule has 0 radical (unpaired) electrons. The summed E-state index contributed by atoms with van der Waals surface area (Å²) < 4.78 is 8.42. The third-order valence-electron chi connectivity index (χ3n) is 3.02. The van der Waals surface area contributed by atoms with Crippen LogP contribution in [0.5, 0.6) is 0 Å². The van der Waals surface area contributed by atoms with Crippen LogP contribution in [0.2, 0.25) is 25.7 Å². The molecule has 0 spiro atoms. The van der Waals surface area contributed by atoms with Crippen molar-refractivity contribution >= 4 is 34.9 Å². The molecule has 0 N–H and O–H groups in total. The molecule has 0 saturated heterocycles. The maximum absolute atomic E-state index is 5.70. The van der Waals surface area contributed by atoms with E-state index in [1.54, 1.807) is 6.20 Å². The first-order chi connectivity index (χ1) is 8.87. The second-order valence-corrected chi connectivity index (χ2v) is 12.4. The molecule has 0 aliphatic carbocycles. The van der Waals surface area contributed by atoms with E-state index in [0.717, 1.165) is 27.7 Å². The Bertz CT molecular complexity index is 577. The molecule has 0 amide bonds. The predicted molar refractivity (Wildman–Crippen MR) is 84.1 cm³/mol. The van der Waals surface area contributed by atoms with Gasteiger partial charge in [-0.2, -0.15) is 5.10 Å². The lowest BCUT2D eigenvalue weighted by molar-refractivity contribution is 0.0791. The smallest absolute Gasteiger partial charge is 0.139 e. The van der Waals surface area contributed by atoms with Gasteiger partial charge in [-0.1, -0.05) is 19.6 Å². The van der Waals surface area contributed by atoms with E-state index in [0.29, 0.717) is 6.73 Å². The normalized spacial score (nSPS) is 12.3. The third-order valence-corrected chi connectivity index (χ3v) is 5.53. The van der Waals surface area contributed by atoms with Crippen molar-refractivity contribution in [3.63, 3.8) is 0 Å². The van der Waals surface area contributed by atoms with Crippen molar-refractivity contribution in [3.05, 3.63) is 22.6 Å². The minimum absolute atomic E-state index is 0.510. The Hall–Kier alpha value is -0.723. The number of halogens is 1. The number of pyridine rings is 1. The summed E-state index contributed by atoms with van der Waals surface area (Å²) >= 11 is 3.44. The summed E-state index contributed by atoms with van der Waals surface area (Å²) in [5.41, 5.74) is 2.03. The van der Waals surface area contributed by atoms with Gasteiger partial charge in [0.25, 0.3) is 0 Å². The first-order valence-electron chi connectivity index (χ1n) is 6.43. The average Bonchev–Trinajstić information content (AvgIpc) is 2.72. The van der Waals surface area contributed by atoms with Gasteiger partial charge in [-0.05, 0) is 34.5 Å². The van der Waals surface area contributed by atoms with E-state index in [4.69, 9.17) is 4.74 Å². The highest BCUT2D eigenvalue weighted by molar-refractivity contribution is 9.10. The molecule has 0 bridgehead atoms. The molecule has 2 heterocycles. The van der Waals surface area contributed by atoms with Crippen LogP contribution in [0.25, 0.3) is 10.9 Å². The quantitative estimate of drug-likeness (QED) is 0.471. The van der Waals surface area contributed by atoms with Crippen LogP contribution in [0, 0.1) is 6.92 Å². The van der Waals surface area contributed by atoms with Crippen molar-refractivity contribution in [1.29, 1.82) is 0 Å². The Morgan fingerprint density at radius 1 is 1.37 bits per heavy atom. The van der Waals surface area contributed by atoms with Gasteiger partial charge < -0.3 is 4.74 Å². The van der Waals surface area contributed by atoms with Gasteiger partial charge >= 0.3 is 0 Å². The molecule has 0 saturated carbocycles. The number of ether oxygens (including phenoxy) is 1. The minimum atomic E-state index is -1.01. The highest BCUT2D eigenvalue weighted by Crippen LogP contribution is 2.22. The summed E-state index contributed by atoms with van der Waals surface area (Å²) in [7, 11) is -1.01. The Labute approximate surface area is 123 Å². The van der Waals surface area contributed by atoms with E-state index >= 15 is 0 Å². The lowest BCUT2D eigenvalue weighted by Gasteiger charge is -2.15. The Morgan fingerprint density at radius 3 is 2.79 bits per heavy atom. The Morgan fingerprint density at radius 2 is 2.11 bits per heavy atom. The molecule has 2 rings (SSSR count). The zero-order valence-electron chi connectivity index (χ0n) is 11.9. The predicted octanol–water partition coefficient (Wildman–Crippen LogP) is 3.81. The fourth-order valence-corrected chi connectivity index (χ4v) is 2.82. The van der Waals surface area contributed by atoms with Crippen molar-refractivity contribution in [1.82, 2.24) is 14.8 Å². The van der Waals surface area contributed by atoms with Gasteiger partial charge in [-0.3, -0.25) is 0 Å². The highest BCUT2D eigenvalue weighted by atomic mass is 79.9. The fraction of sp³-hybridized carbons (Fsp3) is 0.538. The van der Waals surface area contributed by atoms with Crippen LogP contribution in [0.4, 0.5) is 0 Å². The molecule has 2 aromatic rings. The maximum Gasteiger partial charge on any atom is 0.139 e. The van der Waals surface area contributed by atoms with Gasteiger partial charge in [0.1, 0.15) is 16.9 Å². The van der Waals surface area contributed by atoms with Gasteiger partial charge in [0.05, 0.1) is 6.20 Å². The number of hydrogen-bond acceptors (Lipinski definition) is 3. The molecule has 0 fully saturated rings. The van der Waals surface area contributed by atoms with Gasteiger partial charge in [-0.15, -0.1) is 0 Å². The standard InChI is InChI=1S/C13H20BrN3OSi/c1-10-11-8-17(9-18-5-6-19(2,3)4)16-12(11)7-15-13(10)14/h7-8H,5-6,9H2,1-4H3. The number of fused-ring (bicyclic) bond motifs is 1. The highest BCUT2D eigenvalue weighted by Gasteiger charge is 2.12. The number of nitrogens with zero attached hydrogens (tertiary/aromatic N) is 3. The number of aryl methyl sites for hydroxylation is 1. The molecule has 104 valence electrons. The molecule has 0 atom stereocenters. The van der Waals surface area contributed by atoms with Gasteiger partial charge in [-0.25, -0.2) is 9.67 Å². The van der Waals surface area contributed by atoms with E-state index in [9.17, 15) is 0 Å². The lowest BCUT2D eigenvalue weighted by Crippen LogP contribution is -2.22. The summed E-state index contributed by atoms with van der Waals surface area (Å²) in [6.07, 6.45) is 3.80. The summed E-state index contributed by atoms with van der Waals surface area (Å²) in [5, 5.41) is 5.59. The summed E-state index contributed by atoms with van der Waals surface area (Å²) in [5.74, 6) is 0. The second kappa shape index (κ2) is 5.72. The first-order valence-corrected chi connectivity index (χ1v) is 10.9. The van der Waals surface area contributed by atoms with Crippen molar-refractivity contribution in [2.45, 2.75) is 39.3 Å². The van der Waals surface area contributed by atoms with Crippen molar-refractivity contribution in [3.8, 4) is 0 Å². The van der Waals surface area contributed by atoms with E-state index in [2.05, 4.69) is 45.7 Å². The number of aromatic nitrogens is 3. The van der Waals surface area contributed by atoms with E-state index in [-0.39, 0.29) is 0 Å². The van der Waals surface area contributed by atoms with Crippen molar-refractivity contribution < 1.29 is 4.74 Å². The lowest BCUT2D eigenvalue weighted by atomic mass is 10.2. The Kier molecular flexibility index (Phi) is 4.42. The average molecular weight is 342 g/mol. The van der Waals surface area contributed by atoms with Gasteiger partial charge in [0, 0.05) is 26.3 Å². The zero-order valence-corrected chi connectivity index (χ0v) is 14.5. The summed E-state index contributed by atoms with van der Waals surface area (Å²) in [4.78, 5) is 4.25. The molecule has 19 heavy (non-hydrogen) atoms. The van der Waals surface area contributed by atoms with E-state index < -0.39 is 8.07 Å². The van der Waals surface area contributed by atoms with Crippen LogP contribution in [0.3, 0.4) is 0 Å². The van der Waals surface area contributed by atoms with Crippen molar-refractivity contribution in [2.75, 3.05) is 6.61 Å². The van der Waals surface area contributed by atoms with Crippen molar-refractivity contribution in [2.24, 2.45) is 0 Å². The van der Waals surface area contributed by atoms with Gasteiger partial charge in [0.2, 0.25) is 0 Å². The molecule has 0 unspecified atom stereocenters. The fourth-order valence-electron chi connectivity index (χ4n) is 1.75. The first kappa shape index (κ1) is 14.7. The van der Waals surface area contributed by atoms with Crippen LogP contribution in [-0.4, -0.2) is 29.4 Å². The minimum Gasteiger partial charge on any atom is -0.360 e. The molecule has 2 aromatic heterocycles. The van der Waals surface area contributed by atoms with E-state index in [1.807, 2.05) is 17.8 Å². The molecule has 0 aromatic carbocycles. The molecule has 6 heteroatoms. The van der Waals surface area contributed by atoms with E-state index in [1.165, 1.54) is 6.04 Å². The third kappa shape index (κ3) is 3.87.